The van der Waals surface area contributed by atoms with Crippen LogP contribution in [0.25, 0.3) is 11.1 Å². The lowest BCUT2D eigenvalue weighted by atomic mass is 10.0. The fraction of sp³-hybridized carbons (Fsp3) is 0.0667. The van der Waals surface area contributed by atoms with Crippen LogP contribution in [-0.4, -0.2) is 23.2 Å². The van der Waals surface area contributed by atoms with Crippen LogP contribution in [0.5, 0.6) is 5.75 Å². The molecular formula is C15H13ClN4O3S. The summed E-state index contributed by atoms with van der Waals surface area (Å²) in [7, 11) is -4.11. The summed E-state index contributed by atoms with van der Waals surface area (Å²) >= 11 is 6.07. The molecule has 0 atom stereocenters. The van der Waals surface area contributed by atoms with Gasteiger partial charge < -0.3 is 4.18 Å². The van der Waals surface area contributed by atoms with Crippen molar-refractivity contribution < 1.29 is 12.6 Å². The predicted molar refractivity (Wildman–Crippen MR) is 89.7 cm³/mol. The van der Waals surface area contributed by atoms with Gasteiger partial charge in [-0.2, -0.15) is 18.7 Å². The van der Waals surface area contributed by atoms with Crippen LogP contribution in [0.1, 0.15) is 5.56 Å². The third-order valence-electron chi connectivity index (χ3n) is 3.21. The number of nitrogens with zero attached hydrogens (tertiary/aromatic N) is 3. The van der Waals surface area contributed by atoms with Gasteiger partial charge in [-0.3, -0.25) is 0 Å². The van der Waals surface area contributed by atoms with Crippen LogP contribution in [0.15, 0.2) is 55.1 Å². The highest BCUT2D eigenvalue weighted by Crippen LogP contribution is 2.31. The molecule has 2 N–H and O–H groups in total. The van der Waals surface area contributed by atoms with Crippen LogP contribution < -0.4 is 9.32 Å². The van der Waals surface area contributed by atoms with E-state index in [1.54, 1.807) is 23.1 Å². The minimum Gasteiger partial charge on any atom is -0.369 e. The summed E-state index contributed by atoms with van der Waals surface area (Å²) in [5.74, 6) is -0.0123. The van der Waals surface area contributed by atoms with Crippen LogP contribution in [0.4, 0.5) is 0 Å². The van der Waals surface area contributed by atoms with Crippen LogP contribution in [0.2, 0.25) is 5.02 Å². The monoisotopic (exact) mass is 364 g/mol. The Morgan fingerprint density at radius 2 is 1.96 bits per heavy atom. The molecular weight excluding hydrogens is 352 g/mol. The molecule has 0 fully saturated rings. The molecule has 0 bridgehead atoms. The highest BCUT2D eigenvalue weighted by atomic mass is 35.5. The average Bonchev–Trinajstić information content (AvgIpc) is 3.01. The van der Waals surface area contributed by atoms with Crippen molar-refractivity contribution in [1.29, 1.82) is 0 Å². The summed E-state index contributed by atoms with van der Waals surface area (Å²) in [6.45, 7) is 0.591. The van der Waals surface area contributed by atoms with Crippen LogP contribution in [0.3, 0.4) is 0 Å². The van der Waals surface area contributed by atoms with Gasteiger partial charge in [-0.1, -0.05) is 35.9 Å². The lowest BCUT2D eigenvalue weighted by Gasteiger charge is -2.09. The van der Waals surface area contributed by atoms with E-state index in [9.17, 15) is 8.42 Å². The third-order valence-corrected chi connectivity index (χ3v) is 3.92. The standard InChI is InChI=1S/C15H13ClN4O3S/c16-14-7-13(4-5-15(14)23-24(17,21)22)12-3-1-2-11(6-12)8-20-10-18-9-19-20/h1-7,9-10H,8H2,(H2,17,21,22). The molecule has 0 aliphatic carbocycles. The number of halogens is 1. The van der Waals surface area contributed by atoms with Gasteiger partial charge in [0, 0.05) is 0 Å². The molecule has 3 aromatic rings. The molecule has 9 heteroatoms. The Morgan fingerprint density at radius 1 is 1.17 bits per heavy atom. The Morgan fingerprint density at radius 3 is 2.62 bits per heavy atom. The second-order valence-electron chi connectivity index (χ2n) is 5.01. The second kappa shape index (κ2) is 6.60. The number of aromatic nitrogens is 3. The molecule has 0 saturated carbocycles. The summed E-state index contributed by atoms with van der Waals surface area (Å²) in [6, 6.07) is 12.6. The van der Waals surface area contributed by atoms with Crippen molar-refractivity contribution in [3.05, 3.63) is 65.7 Å². The number of rotatable bonds is 5. The lowest BCUT2D eigenvalue weighted by Crippen LogP contribution is -2.19. The van der Waals surface area contributed by atoms with E-state index >= 15 is 0 Å². The second-order valence-corrected chi connectivity index (χ2v) is 6.57. The van der Waals surface area contributed by atoms with Crippen molar-refractivity contribution in [2.45, 2.75) is 6.54 Å². The Balaban J connectivity index is 1.87. The molecule has 7 nitrogen and oxygen atoms in total. The maximum Gasteiger partial charge on any atom is 0.380 e. The zero-order valence-corrected chi connectivity index (χ0v) is 13.9. The third kappa shape index (κ3) is 4.10. The summed E-state index contributed by atoms with van der Waals surface area (Å²) in [5, 5.41) is 9.08. The molecule has 0 spiro atoms. The molecule has 0 radical (unpaired) electrons. The number of nitrogens with two attached hydrogens (primary N) is 1. The number of hydrogen-bond donors (Lipinski definition) is 1. The first-order valence-corrected chi connectivity index (χ1v) is 8.69. The minimum absolute atomic E-state index is 0.0123. The topological polar surface area (TPSA) is 100 Å². The largest absolute Gasteiger partial charge is 0.380 e. The van der Waals surface area contributed by atoms with Crippen LogP contribution in [-0.2, 0) is 16.8 Å². The molecule has 1 aromatic heterocycles. The summed E-state index contributed by atoms with van der Waals surface area (Å²) in [5.41, 5.74) is 2.79. The van der Waals surface area contributed by atoms with E-state index in [4.69, 9.17) is 16.7 Å². The quantitative estimate of drug-likeness (QED) is 0.748. The van der Waals surface area contributed by atoms with E-state index in [2.05, 4.69) is 14.3 Å². The van der Waals surface area contributed by atoms with Crippen molar-refractivity contribution >= 4 is 21.9 Å². The van der Waals surface area contributed by atoms with Gasteiger partial charge in [0.05, 0.1) is 11.6 Å². The highest BCUT2D eigenvalue weighted by Gasteiger charge is 2.11. The van der Waals surface area contributed by atoms with Crippen molar-refractivity contribution in [2.24, 2.45) is 5.14 Å². The molecule has 0 aliphatic rings. The highest BCUT2D eigenvalue weighted by molar-refractivity contribution is 7.84. The van der Waals surface area contributed by atoms with Crippen LogP contribution >= 0.6 is 11.6 Å². The SMILES string of the molecule is NS(=O)(=O)Oc1ccc(-c2cccc(Cn3cncn3)c2)cc1Cl. The first-order valence-electron chi connectivity index (χ1n) is 6.84. The smallest absolute Gasteiger partial charge is 0.369 e. The summed E-state index contributed by atoms with van der Waals surface area (Å²) < 4.78 is 28.3. The van der Waals surface area contributed by atoms with Crippen molar-refractivity contribution in [1.82, 2.24) is 14.8 Å². The fourth-order valence-electron chi connectivity index (χ4n) is 2.22. The van der Waals surface area contributed by atoms with Crippen molar-refractivity contribution in [3.8, 4) is 16.9 Å². The molecule has 2 aromatic carbocycles. The molecule has 124 valence electrons. The fourth-order valence-corrected chi connectivity index (χ4v) is 2.88. The number of benzene rings is 2. The maximum absolute atomic E-state index is 11.0. The van der Waals surface area contributed by atoms with Gasteiger partial charge in [-0.25, -0.2) is 9.67 Å². The van der Waals surface area contributed by atoms with Crippen LogP contribution in [0, 0.1) is 0 Å². The van der Waals surface area contributed by atoms with E-state index in [1.165, 1.54) is 12.4 Å². The predicted octanol–water partition coefficient (Wildman–Crippen LogP) is 2.23. The first kappa shape index (κ1) is 16.4. The Hall–Kier alpha value is -2.42. The molecule has 0 unspecified atom stereocenters. The Labute approximate surface area is 143 Å². The van der Waals surface area contributed by atoms with E-state index in [0.717, 1.165) is 16.7 Å². The van der Waals surface area contributed by atoms with Crippen molar-refractivity contribution in [3.63, 3.8) is 0 Å². The van der Waals surface area contributed by atoms with Gasteiger partial charge >= 0.3 is 10.3 Å². The van der Waals surface area contributed by atoms with Gasteiger partial charge in [0.15, 0.2) is 5.75 Å². The van der Waals surface area contributed by atoms with Gasteiger partial charge in [0.25, 0.3) is 0 Å². The van der Waals surface area contributed by atoms with Gasteiger partial charge in [0.1, 0.15) is 12.7 Å². The maximum atomic E-state index is 11.0. The first-order chi connectivity index (χ1) is 11.4. The normalized spacial score (nSPS) is 11.4. The molecule has 3 rings (SSSR count). The number of hydrogen-bond acceptors (Lipinski definition) is 5. The molecule has 1 heterocycles. The van der Waals surface area contributed by atoms with E-state index in [1.807, 2.05) is 24.3 Å². The molecule has 0 saturated heterocycles. The van der Waals surface area contributed by atoms with Gasteiger partial charge in [-0.15, -0.1) is 0 Å². The summed E-state index contributed by atoms with van der Waals surface area (Å²) in [6.07, 6.45) is 3.12. The summed E-state index contributed by atoms with van der Waals surface area (Å²) in [4.78, 5) is 3.91. The Bertz CT molecular complexity index is 959. The van der Waals surface area contributed by atoms with Crippen molar-refractivity contribution in [2.75, 3.05) is 0 Å². The van der Waals surface area contributed by atoms with Gasteiger partial charge in [-0.05, 0) is 34.9 Å². The zero-order chi connectivity index (χ0) is 17.2. The van der Waals surface area contributed by atoms with E-state index in [-0.39, 0.29) is 10.8 Å². The minimum atomic E-state index is -4.11. The molecule has 0 amide bonds. The lowest BCUT2D eigenvalue weighted by molar-refractivity contribution is 0.488. The molecule has 24 heavy (non-hydrogen) atoms. The zero-order valence-electron chi connectivity index (χ0n) is 12.3. The van der Waals surface area contributed by atoms with Gasteiger partial charge in [0.2, 0.25) is 0 Å². The van der Waals surface area contributed by atoms with E-state index < -0.39 is 10.3 Å². The van der Waals surface area contributed by atoms with E-state index in [0.29, 0.717) is 6.54 Å². The average molecular weight is 365 g/mol. The molecule has 0 aliphatic heterocycles. The Kier molecular flexibility index (Phi) is 4.52.